The summed E-state index contributed by atoms with van der Waals surface area (Å²) in [6.45, 7) is -1.58. The van der Waals surface area contributed by atoms with Crippen molar-refractivity contribution in [3.05, 3.63) is 58.1 Å². The summed E-state index contributed by atoms with van der Waals surface area (Å²) in [6.07, 6.45) is -0.157. The monoisotopic (exact) mass is 424 g/mol. The molecular weight excluding hydrogens is 405 g/mol. The van der Waals surface area contributed by atoms with E-state index in [0.717, 1.165) is 43.9 Å². The second kappa shape index (κ2) is 9.02. The van der Waals surface area contributed by atoms with Gasteiger partial charge in [0.15, 0.2) is 6.61 Å². The molecule has 1 aliphatic rings. The summed E-state index contributed by atoms with van der Waals surface area (Å²) in [4.78, 5) is 22.9. The number of nitrogens with zero attached hydrogens (tertiary/aromatic N) is 1. The Morgan fingerprint density at radius 3 is 2.33 bits per heavy atom. The molecule has 10 heteroatoms. The summed E-state index contributed by atoms with van der Waals surface area (Å²) in [5.74, 6) is -0.500. The molecule has 2 aromatic rings. The summed E-state index contributed by atoms with van der Waals surface area (Å²) in [6, 6.07) is 9.36. The Labute approximate surface area is 169 Å². The van der Waals surface area contributed by atoms with E-state index in [1.807, 2.05) is 0 Å². The number of hydrogen-bond acceptors (Lipinski definition) is 5. The lowest BCUT2D eigenvalue weighted by Crippen LogP contribution is -2.20. The number of ether oxygens (including phenoxy) is 2. The van der Waals surface area contributed by atoms with Gasteiger partial charge in [-0.3, -0.25) is 14.9 Å². The van der Waals surface area contributed by atoms with Crippen molar-refractivity contribution in [3.8, 4) is 11.5 Å². The number of carbonyl (C=O) groups is 1. The largest absolute Gasteiger partial charge is 0.490 e. The van der Waals surface area contributed by atoms with Crippen molar-refractivity contribution in [2.45, 2.75) is 38.0 Å². The van der Waals surface area contributed by atoms with Gasteiger partial charge in [0, 0.05) is 11.8 Å². The van der Waals surface area contributed by atoms with Gasteiger partial charge in [0.1, 0.15) is 17.1 Å². The summed E-state index contributed by atoms with van der Waals surface area (Å²) < 4.78 is 47.4. The minimum absolute atomic E-state index is 0.174. The van der Waals surface area contributed by atoms with Crippen LogP contribution in [0.4, 0.5) is 24.5 Å². The van der Waals surface area contributed by atoms with E-state index in [0.29, 0.717) is 11.4 Å². The lowest BCUT2D eigenvalue weighted by Gasteiger charge is -2.14. The summed E-state index contributed by atoms with van der Waals surface area (Å²) in [7, 11) is 0. The molecule has 1 saturated carbocycles. The molecule has 7 nitrogen and oxygen atoms in total. The number of nitro benzene ring substituents is 1. The van der Waals surface area contributed by atoms with Crippen LogP contribution in [0.5, 0.6) is 11.5 Å². The molecule has 0 unspecified atom stereocenters. The van der Waals surface area contributed by atoms with Crippen LogP contribution in [0.2, 0.25) is 0 Å². The smallest absolute Gasteiger partial charge is 0.422 e. The van der Waals surface area contributed by atoms with Crippen LogP contribution in [-0.2, 0) is 0 Å². The fraction of sp³-hybridized carbons (Fsp3) is 0.350. The molecule has 1 N–H and O–H groups in total. The fourth-order valence-corrected chi connectivity index (χ4v) is 3.13. The SMILES string of the molecule is O=C(Nc1ccc(OC2CCCC2)cc1)c1cc(OCC(F)(F)F)ccc1[N+](=O)[O-]. The normalized spacial score (nSPS) is 14.4. The van der Waals surface area contributed by atoms with Gasteiger partial charge in [-0.1, -0.05) is 0 Å². The number of rotatable bonds is 7. The highest BCUT2D eigenvalue weighted by Gasteiger charge is 2.29. The van der Waals surface area contributed by atoms with Crippen molar-refractivity contribution in [1.82, 2.24) is 0 Å². The number of benzene rings is 2. The lowest BCUT2D eigenvalue weighted by molar-refractivity contribution is -0.385. The van der Waals surface area contributed by atoms with Crippen LogP contribution in [0.1, 0.15) is 36.0 Å². The Morgan fingerprint density at radius 1 is 1.10 bits per heavy atom. The van der Waals surface area contributed by atoms with Crippen molar-refractivity contribution >= 4 is 17.3 Å². The minimum Gasteiger partial charge on any atom is -0.490 e. The zero-order valence-corrected chi connectivity index (χ0v) is 15.8. The maximum atomic E-state index is 12.5. The number of carbonyl (C=O) groups excluding carboxylic acids is 1. The van der Waals surface area contributed by atoms with Crippen LogP contribution in [0.25, 0.3) is 0 Å². The second-order valence-electron chi connectivity index (χ2n) is 6.84. The molecule has 1 amide bonds. The lowest BCUT2D eigenvalue weighted by atomic mass is 10.1. The highest BCUT2D eigenvalue weighted by atomic mass is 19.4. The number of amides is 1. The standard InChI is InChI=1S/C20H19F3N2O5/c21-20(22,23)12-29-16-9-10-18(25(27)28)17(11-16)19(26)24-13-5-7-15(8-6-13)30-14-3-1-2-4-14/h5-11,14H,1-4,12H2,(H,24,26). The maximum absolute atomic E-state index is 12.5. The van der Waals surface area contributed by atoms with Gasteiger partial charge in [0.25, 0.3) is 11.6 Å². The Kier molecular flexibility index (Phi) is 6.43. The van der Waals surface area contributed by atoms with Crippen LogP contribution in [0.15, 0.2) is 42.5 Å². The third-order valence-electron chi connectivity index (χ3n) is 4.53. The van der Waals surface area contributed by atoms with E-state index in [-0.39, 0.29) is 11.9 Å². The van der Waals surface area contributed by atoms with Crippen molar-refractivity contribution in [3.63, 3.8) is 0 Å². The van der Waals surface area contributed by atoms with E-state index < -0.39 is 34.9 Å². The molecule has 0 spiro atoms. The van der Waals surface area contributed by atoms with E-state index in [2.05, 4.69) is 10.1 Å². The molecule has 30 heavy (non-hydrogen) atoms. The molecule has 0 atom stereocenters. The predicted octanol–water partition coefficient (Wildman–Crippen LogP) is 5.11. The third kappa shape index (κ3) is 5.85. The highest BCUT2D eigenvalue weighted by molar-refractivity contribution is 6.07. The van der Waals surface area contributed by atoms with Gasteiger partial charge in [-0.15, -0.1) is 0 Å². The Morgan fingerprint density at radius 2 is 1.73 bits per heavy atom. The van der Waals surface area contributed by atoms with Crippen molar-refractivity contribution < 1.29 is 32.4 Å². The van der Waals surface area contributed by atoms with Crippen LogP contribution >= 0.6 is 0 Å². The molecule has 1 fully saturated rings. The van der Waals surface area contributed by atoms with Crippen LogP contribution < -0.4 is 14.8 Å². The maximum Gasteiger partial charge on any atom is 0.422 e. The predicted molar refractivity (Wildman–Crippen MR) is 102 cm³/mol. The number of nitro groups is 1. The molecular formula is C20H19F3N2O5. The highest BCUT2D eigenvalue weighted by Crippen LogP contribution is 2.28. The number of halogens is 3. The van der Waals surface area contributed by atoms with Crippen LogP contribution in [0, 0.1) is 10.1 Å². The molecule has 3 rings (SSSR count). The first-order chi connectivity index (χ1) is 14.2. The summed E-state index contributed by atoms with van der Waals surface area (Å²) in [5.41, 5.74) is -0.603. The zero-order valence-electron chi connectivity index (χ0n) is 15.8. The molecule has 0 bridgehead atoms. The van der Waals surface area contributed by atoms with Gasteiger partial charge < -0.3 is 14.8 Å². The van der Waals surface area contributed by atoms with Gasteiger partial charge in [-0.05, 0) is 62.1 Å². The Balaban J connectivity index is 1.71. The zero-order chi connectivity index (χ0) is 21.7. The van der Waals surface area contributed by atoms with Crippen molar-refractivity contribution in [2.75, 3.05) is 11.9 Å². The minimum atomic E-state index is -4.58. The molecule has 0 aromatic heterocycles. The van der Waals surface area contributed by atoms with Gasteiger partial charge >= 0.3 is 6.18 Å². The van der Waals surface area contributed by atoms with Crippen molar-refractivity contribution in [2.24, 2.45) is 0 Å². The van der Waals surface area contributed by atoms with E-state index in [1.54, 1.807) is 24.3 Å². The molecule has 1 aliphatic carbocycles. The van der Waals surface area contributed by atoms with E-state index >= 15 is 0 Å². The first-order valence-corrected chi connectivity index (χ1v) is 9.27. The molecule has 0 saturated heterocycles. The number of hydrogen-bond donors (Lipinski definition) is 1. The Bertz CT molecular complexity index is 910. The first kappa shape index (κ1) is 21.4. The van der Waals surface area contributed by atoms with Crippen molar-refractivity contribution in [1.29, 1.82) is 0 Å². The number of anilines is 1. The molecule has 2 aromatic carbocycles. The molecule has 0 aliphatic heterocycles. The third-order valence-corrected chi connectivity index (χ3v) is 4.53. The molecule has 0 radical (unpaired) electrons. The topological polar surface area (TPSA) is 90.7 Å². The van der Waals surface area contributed by atoms with Gasteiger partial charge in [0.2, 0.25) is 0 Å². The molecule has 0 heterocycles. The van der Waals surface area contributed by atoms with E-state index in [4.69, 9.17) is 4.74 Å². The van der Waals surface area contributed by atoms with Gasteiger partial charge in [-0.25, -0.2) is 0 Å². The number of alkyl halides is 3. The second-order valence-corrected chi connectivity index (χ2v) is 6.84. The summed E-state index contributed by atoms with van der Waals surface area (Å²) in [5, 5.41) is 13.7. The van der Waals surface area contributed by atoms with Gasteiger partial charge in [0.05, 0.1) is 11.0 Å². The fourth-order valence-electron chi connectivity index (χ4n) is 3.13. The van der Waals surface area contributed by atoms with Crippen LogP contribution in [0.3, 0.4) is 0 Å². The van der Waals surface area contributed by atoms with E-state index in [9.17, 15) is 28.1 Å². The number of nitrogens with one attached hydrogen (secondary N) is 1. The van der Waals surface area contributed by atoms with Crippen LogP contribution in [-0.4, -0.2) is 29.7 Å². The average molecular weight is 424 g/mol. The van der Waals surface area contributed by atoms with Gasteiger partial charge in [-0.2, -0.15) is 13.2 Å². The van der Waals surface area contributed by atoms with E-state index in [1.165, 1.54) is 0 Å². The first-order valence-electron chi connectivity index (χ1n) is 9.27. The quantitative estimate of drug-likeness (QED) is 0.493. The Hall–Kier alpha value is -3.30. The molecule has 160 valence electrons. The summed E-state index contributed by atoms with van der Waals surface area (Å²) >= 11 is 0. The average Bonchev–Trinajstić information content (AvgIpc) is 3.20.